The highest BCUT2D eigenvalue weighted by Gasteiger charge is 2.22. The zero-order chi connectivity index (χ0) is 14.7. The fraction of sp³-hybridized carbons (Fsp3) is 0.588. The number of aryl methyl sites for hydroxylation is 1. The minimum atomic E-state index is -0.833. The molecule has 2 atom stereocenters. The van der Waals surface area contributed by atoms with Gasteiger partial charge in [0.1, 0.15) is 0 Å². The van der Waals surface area contributed by atoms with Crippen LogP contribution in [-0.2, 0) is 6.42 Å². The van der Waals surface area contributed by atoms with Crippen LogP contribution in [0.3, 0.4) is 0 Å². The Morgan fingerprint density at radius 3 is 2.80 bits per heavy atom. The molecular formula is C17H25NO2. The van der Waals surface area contributed by atoms with Gasteiger partial charge in [-0.25, -0.2) is 4.79 Å². The molecule has 2 N–H and O–H groups in total. The maximum atomic E-state index is 11.1. The molecule has 1 aromatic carbocycles. The molecular weight excluding hydrogens is 250 g/mol. The molecule has 0 bridgehead atoms. The van der Waals surface area contributed by atoms with Crippen molar-refractivity contribution in [3.8, 4) is 0 Å². The van der Waals surface area contributed by atoms with Gasteiger partial charge in [0.2, 0.25) is 0 Å². The Morgan fingerprint density at radius 2 is 2.15 bits per heavy atom. The van der Waals surface area contributed by atoms with Crippen molar-refractivity contribution in [1.82, 2.24) is 5.32 Å². The van der Waals surface area contributed by atoms with Crippen LogP contribution in [0.1, 0.15) is 61.0 Å². The second kappa shape index (κ2) is 6.40. The summed E-state index contributed by atoms with van der Waals surface area (Å²) < 4.78 is 0. The van der Waals surface area contributed by atoms with E-state index in [4.69, 9.17) is 5.11 Å². The topological polar surface area (TPSA) is 49.3 Å². The average molecular weight is 275 g/mol. The van der Waals surface area contributed by atoms with Gasteiger partial charge in [0, 0.05) is 12.6 Å². The first-order chi connectivity index (χ1) is 9.49. The van der Waals surface area contributed by atoms with Crippen LogP contribution >= 0.6 is 0 Å². The van der Waals surface area contributed by atoms with Crippen molar-refractivity contribution >= 4 is 5.97 Å². The molecule has 1 aliphatic rings. The highest BCUT2D eigenvalue weighted by molar-refractivity contribution is 5.88. The summed E-state index contributed by atoms with van der Waals surface area (Å²) in [7, 11) is 0. The molecule has 0 fully saturated rings. The molecule has 2 rings (SSSR count). The Labute approximate surface area is 121 Å². The standard InChI is InChI=1S/C17H25NO2/c1-11(2)12(3)18-10-15-6-4-5-13-7-8-14(17(19)20)9-16(13)15/h7-9,11-12,15,18H,4-6,10H2,1-3H3,(H,19,20). The van der Waals surface area contributed by atoms with Crippen molar-refractivity contribution in [3.05, 3.63) is 34.9 Å². The van der Waals surface area contributed by atoms with Crippen LogP contribution in [0.15, 0.2) is 18.2 Å². The normalized spacial score (nSPS) is 19.7. The fourth-order valence-electron chi connectivity index (χ4n) is 2.81. The molecule has 0 heterocycles. The summed E-state index contributed by atoms with van der Waals surface area (Å²) >= 11 is 0. The van der Waals surface area contributed by atoms with E-state index in [0.29, 0.717) is 23.4 Å². The quantitative estimate of drug-likeness (QED) is 0.865. The lowest BCUT2D eigenvalue weighted by Crippen LogP contribution is -2.35. The number of hydrogen-bond donors (Lipinski definition) is 2. The van der Waals surface area contributed by atoms with Gasteiger partial charge in [-0.2, -0.15) is 0 Å². The van der Waals surface area contributed by atoms with Crippen molar-refractivity contribution < 1.29 is 9.90 Å². The summed E-state index contributed by atoms with van der Waals surface area (Å²) in [5.41, 5.74) is 2.97. The van der Waals surface area contributed by atoms with Crippen molar-refractivity contribution in [2.75, 3.05) is 6.54 Å². The summed E-state index contributed by atoms with van der Waals surface area (Å²) in [6.07, 6.45) is 3.42. The van der Waals surface area contributed by atoms with E-state index in [1.807, 2.05) is 12.1 Å². The summed E-state index contributed by atoms with van der Waals surface area (Å²) in [5, 5.41) is 12.7. The number of hydrogen-bond acceptors (Lipinski definition) is 2. The van der Waals surface area contributed by atoms with E-state index in [9.17, 15) is 4.79 Å². The van der Waals surface area contributed by atoms with Gasteiger partial charge in [-0.3, -0.25) is 0 Å². The lowest BCUT2D eigenvalue weighted by atomic mass is 9.81. The Morgan fingerprint density at radius 1 is 1.40 bits per heavy atom. The van der Waals surface area contributed by atoms with Gasteiger partial charge >= 0.3 is 5.97 Å². The van der Waals surface area contributed by atoms with Crippen molar-refractivity contribution in [2.24, 2.45) is 5.92 Å². The highest BCUT2D eigenvalue weighted by Crippen LogP contribution is 2.32. The molecule has 0 aliphatic heterocycles. The number of fused-ring (bicyclic) bond motifs is 1. The number of aromatic carboxylic acids is 1. The van der Waals surface area contributed by atoms with E-state index in [1.165, 1.54) is 17.5 Å². The molecule has 3 nitrogen and oxygen atoms in total. The predicted octanol–water partition coefficient (Wildman–Crippen LogP) is 3.44. The lowest BCUT2D eigenvalue weighted by molar-refractivity contribution is 0.0696. The summed E-state index contributed by atoms with van der Waals surface area (Å²) in [6, 6.07) is 6.09. The first-order valence-corrected chi connectivity index (χ1v) is 7.58. The summed E-state index contributed by atoms with van der Waals surface area (Å²) in [4.78, 5) is 11.1. The number of rotatable bonds is 5. The number of carboxylic acids is 1. The molecule has 0 spiro atoms. The average Bonchev–Trinajstić information content (AvgIpc) is 2.43. The molecule has 2 unspecified atom stereocenters. The smallest absolute Gasteiger partial charge is 0.335 e. The van der Waals surface area contributed by atoms with E-state index in [2.05, 4.69) is 26.1 Å². The number of nitrogens with one attached hydrogen (secondary N) is 1. The molecule has 0 amide bonds. The zero-order valence-corrected chi connectivity index (χ0v) is 12.6. The predicted molar refractivity (Wildman–Crippen MR) is 81.4 cm³/mol. The van der Waals surface area contributed by atoms with Gasteiger partial charge in [-0.15, -0.1) is 0 Å². The summed E-state index contributed by atoms with van der Waals surface area (Å²) in [5.74, 6) is 0.225. The van der Waals surface area contributed by atoms with Gasteiger partial charge in [-0.1, -0.05) is 19.9 Å². The Hall–Kier alpha value is -1.35. The van der Waals surface area contributed by atoms with E-state index >= 15 is 0 Å². The molecule has 1 aromatic rings. The van der Waals surface area contributed by atoms with Gasteiger partial charge in [0.15, 0.2) is 0 Å². The molecule has 20 heavy (non-hydrogen) atoms. The Balaban J connectivity index is 2.14. The van der Waals surface area contributed by atoms with Gasteiger partial charge < -0.3 is 10.4 Å². The van der Waals surface area contributed by atoms with E-state index in [1.54, 1.807) is 6.07 Å². The fourth-order valence-corrected chi connectivity index (χ4v) is 2.81. The number of carbonyl (C=O) groups is 1. The van der Waals surface area contributed by atoms with Crippen LogP contribution in [0.25, 0.3) is 0 Å². The largest absolute Gasteiger partial charge is 0.478 e. The highest BCUT2D eigenvalue weighted by atomic mass is 16.4. The first kappa shape index (κ1) is 15.0. The van der Waals surface area contributed by atoms with E-state index < -0.39 is 5.97 Å². The van der Waals surface area contributed by atoms with Crippen LogP contribution in [0, 0.1) is 5.92 Å². The maximum absolute atomic E-state index is 11.1. The van der Waals surface area contributed by atoms with Gasteiger partial charge in [0.25, 0.3) is 0 Å². The molecule has 0 saturated heterocycles. The van der Waals surface area contributed by atoms with Crippen LogP contribution in [0.4, 0.5) is 0 Å². The third-order valence-electron chi connectivity index (χ3n) is 4.52. The maximum Gasteiger partial charge on any atom is 0.335 e. The monoisotopic (exact) mass is 275 g/mol. The van der Waals surface area contributed by atoms with E-state index in [-0.39, 0.29) is 0 Å². The molecule has 0 aromatic heterocycles. The van der Waals surface area contributed by atoms with Crippen molar-refractivity contribution in [1.29, 1.82) is 0 Å². The lowest BCUT2D eigenvalue weighted by Gasteiger charge is -2.28. The second-order valence-electron chi connectivity index (χ2n) is 6.25. The number of carboxylic acid groups (broad SMARTS) is 1. The second-order valence-corrected chi connectivity index (χ2v) is 6.25. The van der Waals surface area contributed by atoms with Gasteiger partial charge in [0.05, 0.1) is 5.56 Å². The molecule has 110 valence electrons. The minimum Gasteiger partial charge on any atom is -0.478 e. The Kier molecular flexibility index (Phi) is 4.81. The Bertz CT molecular complexity index is 482. The van der Waals surface area contributed by atoms with Crippen molar-refractivity contribution in [2.45, 2.75) is 52.0 Å². The molecule has 0 saturated carbocycles. The third kappa shape index (κ3) is 3.40. The molecule has 0 radical (unpaired) electrons. The number of benzene rings is 1. The minimum absolute atomic E-state index is 0.410. The van der Waals surface area contributed by atoms with Crippen LogP contribution in [0.5, 0.6) is 0 Å². The summed E-state index contributed by atoms with van der Waals surface area (Å²) in [6.45, 7) is 7.58. The van der Waals surface area contributed by atoms with E-state index in [0.717, 1.165) is 19.4 Å². The zero-order valence-electron chi connectivity index (χ0n) is 12.6. The third-order valence-corrected chi connectivity index (χ3v) is 4.52. The van der Waals surface area contributed by atoms with Crippen molar-refractivity contribution in [3.63, 3.8) is 0 Å². The molecule has 3 heteroatoms. The molecule has 1 aliphatic carbocycles. The van der Waals surface area contributed by atoms with Crippen LogP contribution < -0.4 is 5.32 Å². The van der Waals surface area contributed by atoms with Gasteiger partial charge in [-0.05, 0) is 61.3 Å². The van der Waals surface area contributed by atoms with Crippen LogP contribution in [-0.4, -0.2) is 23.7 Å². The SMILES string of the molecule is CC(C)C(C)NCC1CCCc2ccc(C(=O)O)cc21. The first-order valence-electron chi connectivity index (χ1n) is 7.58. The van der Waals surface area contributed by atoms with Crippen LogP contribution in [0.2, 0.25) is 0 Å².